The Hall–Kier alpha value is -2.25. The molecule has 1 saturated heterocycles. The largest absolute Gasteiger partial charge is 0.493 e. The van der Waals surface area contributed by atoms with Crippen molar-refractivity contribution < 1.29 is 14.3 Å². The summed E-state index contributed by atoms with van der Waals surface area (Å²) in [5.41, 5.74) is 5.36. The number of aromatic nitrogens is 2. The van der Waals surface area contributed by atoms with E-state index in [0.29, 0.717) is 54.9 Å². The van der Waals surface area contributed by atoms with Crippen LogP contribution in [0.4, 0.5) is 0 Å². The minimum atomic E-state index is -0.423. The van der Waals surface area contributed by atoms with Crippen LogP contribution in [0.5, 0.6) is 5.75 Å². The van der Waals surface area contributed by atoms with Crippen LogP contribution in [-0.2, 0) is 11.3 Å². The average molecular weight is 453 g/mol. The molecule has 2 amide bonds. The lowest BCUT2D eigenvalue weighted by Crippen LogP contribution is -2.47. The molecule has 1 aliphatic heterocycles. The zero-order chi connectivity index (χ0) is 21.7. The number of hydrogen-bond acceptors (Lipinski definition) is 4. The minimum Gasteiger partial charge on any atom is -0.493 e. The summed E-state index contributed by atoms with van der Waals surface area (Å²) in [5, 5.41) is 5.31. The summed E-state index contributed by atoms with van der Waals surface area (Å²) in [6.07, 6.45) is 3.98. The third-order valence-electron chi connectivity index (χ3n) is 5.39. The topological polar surface area (TPSA) is 90.5 Å². The van der Waals surface area contributed by atoms with Gasteiger partial charge >= 0.3 is 0 Å². The smallest absolute Gasteiger partial charge is 0.275 e. The summed E-state index contributed by atoms with van der Waals surface area (Å²) in [6, 6.07) is 7.07. The molecule has 0 bridgehead atoms. The van der Waals surface area contributed by atoms with E-state index in [0.717, 1.165) is 6.42 Å². The van der Waals surface area contributed by atoms with Crippen LogP contribution in [0.2, 0.25) is 10.0 Å². The highest BCUT2D eigenvalue weighted by Crippen LogP contribution is 2.36. The highest BCUT2D eigenvalue weighted by Gasteiger charge is 2.39. The first kappa shape index (κ1) is 22.4. The summed E-state index contributed by atoms with van der Waals surface area (Å²) < 4.78 is 7.62. The number of piperidine rings is 1. The van der Waals surface area contributed by atoms with Crippen LogP contribution in [0.3, 0.4) is 0 Å². The first-order chi connectivity index (χ1) is 14.3. The number of amides is 2. The Morgan fingerprint density at radius 1 is 1.20 bits per heavy atom. The summed E-state index contributed by atoms with van der Waals surface area (Å²) >= 11 is 12.1. The van der Waals surface area contributed by atoms with Gasteiger partial charge in [0.1, 0.15) is 5.75 Å². The Kier molecular flexibility index (Phi) is 7.26. The van der Waals surface area contributed by atoms with E-state index in [4.69, 9.17) is 33.7 Å². The van der Waals surface area contributed by atoms with Crippen molar-refractivity contribution in [2.24, 2.45) is 11.1 Å². The van der Waals surface area contributed by atoms with Crippen LogP contribution in [-0.4, -0.2) is 46.2 Å². The molecule has 0 spiro atoms. The Morgan fingerprint density at radius 3 is 2.47 bits per heavy atom. The normalized spacial score (nSPS) is 15.8. The molecule has 0 unspecified atom stereocenters. The second-order valence-corrected chi connectivity index (χ2v) is 8.61. The molecule has 2 heterocycles. The Bertz CT molecular complexity index is 890. The molecule has 9 heteroatoms. The van der Waals surface area contributed by atoms with Crippen molar-refractivity contribution in [2.45, 2.75) is 39.2 Å². The van der Waals surface area contributed by atoms with Crippen molar-refractivity contribution in [1.82, 2.24) is 14.7 Å². The van der Waals surface area contributed by atoms with Gasteiger partial charge in [0, 0.05) is 42.7 Å². The number of hydrogen-bond donors (Lipinski definition) is 1. The van der Waals surface area contributed by atoms with Gasteiger partial charge in [-0.15, -0.1) is 0 Å². The molecule has 0 aliphatic carbocycles. The molecule has 162 valence electrons. The second-order valence-electron chi connectivity index (χ2n) is 7.77. The van der Waals surface area contributed by atoms with Crippen molar-refractivity contribution in [3.63, 3.8) is 0 Å². The van der Waals surface area contributed by atoms with Crippen LogP contribution >= 0.6 is 23.2 Å². The number of carbonyl (C=O) groups is 2. The third kappa shape index (κ3) is 5.46. The first-order valence-corrected chi connectivity index (χ1v) is 10.8. The molecule has 30 heavy (non-hydrogen) atoms. The summed E-state index contributed by atoms with van der Waals surface area (Å²) in [4.78, 5) is 26.4. The SMILES string of the molecule is CCCn1cc(Cl)c(C(=O)N2CCC(COc3ccc(Cl)cc3)(CC(N)=O)CC2)n1. The summed E-state index contributed by atoms with van der Waals surface area (Å²) in [7, 11) is 0. The number of ether oxygens (including phenoxy) is 1. The molecule has 3 rings (SSSR count). The van der Waals surface area contributed by atoms with E-state index in [9.17, 15) is 9.59 Å². The van der Waals surface area contributed by atoms with Crippen LogP contribution in [0.25, 0.3) is 0 Å². The number of halogens is 2. The van der Waals surface area contributed by atoms with Gasteiger partial charge in [0.25, 0.3) is 5.91 Å². The van der Waals surface area contributed by atoms with Gasteiger partial charge in [-0.2, -0.15) is 5.10 Å². The van der Waals surface area contributed by atoms with Crippen LogP contribution in [0.1, 0.15) is 43.1 Å². The molecule has 1 aromatic carbocycles. The zero-order valence-corrected chi connectivity index (χ0v) is 18.5. The van der Waals surface area contributed by atoms with E-state index in [-0.39, 0.29) is 23.9 Å². The number of rotatable bonds is 8. The molecule has 0 atom stereocenters. The molecule has 0 saturated carbocycles. The molecule has 2 N–H and O–H groups in total. The quantitative estimate of drug-likeness (QED) is 0.659. The summed E-state index contributed by atoms with van der Waals surface area (Å²) in [6.45, 7) is 4.04. The zero-order valence-electron chi connectivity index (χ0n) is 16.9. The average Bonchev–Trinajstić information content (AvgIpc) is 3.08. The van der Waals surface area contributed by atoms with Crippen LogP contribution < -0.4 is 10.5 Å². The third-order valence-corrected chi connectivity index (χ3v) is 5.92. The maximum atomic E-state index is 12.9. The van der Waals surface area contributed by atoms with Crippen LogP contribution in [0, 0.1) is 5.41 Å². The standard InChI is InChI=1S/C21H26Cl2N4O3/c1-2-9-27-13-17(23)19(25-27)20(29)26-10-7-21(8-11-26,12-18(24)28)14-30-16-5-3-15(22)4-6-16/h3-6,13H,2,7-12,14H2,1H3,(H2,24,28). The molecule has 2 aromatic rings. The van der Waals surface area contributed by atoms with Crippen LogP contribution in [0.15, 0.2) is 30.5 Å². The Labute approximate surface area is 186 Å². The fourth-order valence-corrected chi connectivity index (χ4v) is 4.09. The van der Waals surface area contributed by atoms with Crippen molar-refractivity contribution in [3.05, 3.63) is 46.2 Å². The molecule has 0 radical (unpaired) electrons. The number of primary amides is 1. The van der Waals surface area contributed by atoms with Crippen molar-refractivity contribution >= 4 is 35.0 Å². The molecular weight excluding hydrogens is 427 g/mol. The molecule has 1 aliphatic rings. The van der Waals surface area contributed by atoms with Gasteiger partial charge in [-0.1, -0.05) is 30.1 Å². The van der Waals surface area contributed by atoms with Gasteiger partial charge in [0.2, 0.25) is 5.91 Å². The Morgan fingerprint density at radius 2 is 1.87 bits per heavy atom. The highest BCUT2D eigenvalue weighted by atomic mass is 35.5. The highest BCUT2D eigenvalue weighted by molar-refractivity contribution is 6.33. The fraction of sp³-hybridized carbons (Fsp3) is 0.476. The number of aryl methyl sites for hydroxylation is 1. The van der Waals surface area contributed by atoms with Gasteiger partial charge < -0.3 is 15.4 Å². The van der Waals surface area contributed by atoms with Crippen molar-refractivity contribution in [3.8, 4) is 5.75 Å². The number of likely N-dealkylation sites (tertiary alicyclic amines) is 1. The van der Waals surface area contributed by atoms with Crippen molar-refractivity contribution in [2.75, 3.05) is 19.7 Å². The maximum absolute atomic E-state index is 12.9. The predicted molar refractivity (Wildman–Crippen MR) is 116 cm³/mol. The lowest BCUT2D eigenvalue weighted by atomic mass is 9.76. The molecular formula is C21H26Cl2N4O3. The summed E-state index contributed by atoms with van der Waals surface area (Å²) in [5.74, 6) is 0.104. The molecule has 1 aromatic heterocycles. The minimum absolute atomic E-state index is 0.193. The first-order valence-electron chi connectivity index (χ1n) is 10.0. The van der Waals surface area contributed by atoms with Crippen molar-refractivity contribution in [1.29, 1.82) is 0 Å². The van der Waals surface area contributed by atoms with E-state index in [1.165, 1.54) is 0 Å². The fourth-order valence-electron chi connectivity index (χ4n) is 3.73. The van der Waals surface area contributed by atoms with Gasteiger partial charge in [0.05, 0.1) is 11.6 Å². The number of carbonyl (C=O) groups excluding carboxylic acids is 2. The van der Waals surface area contributed by atoms with E-state index >= 15 is 0 Å². The number of nitrogens with two attached hydrogens (primary N) is 1. The van der Waals surface area contributed by atoms with Gasteiger partial charge in [0.15, 0.2) is 5.69 Å². The number of benzene rings is 1. The molecule has 7 nitrogen and oxygen atoms in total. The predicted octanol–water partition coefficient (Wildman–Crippen LogP) is 3.78. The van der Waals surface area contributed by atoms with Gasteiger partial charge in [-0.3, -0.25) is 14.3 Å². The van der Waals surface area contributed by atoms with Gasteiger partial charge in [-0.25, -0.2) is 0 Å². The Balaban J connectivity index is 1.66. The lowest BCUT2D eigenvalue weighted by molar-refractivity contribution is -0.121. The molecule has 1 fully saturated rings. The number of nitrogens with zero attached hydrogens (tertiary/aromatic N) is 3. The van der Waals surface area contributed by atoms with E-state index in [2.05, 4.69) is 5.10 Å². The van der Waals surface area contributed by atoms with E-state index in [1.807, 2.05) is 6.92 Å². The monoisotopic (exact) mass is 452 g/mol. The lowest BCUT2D eigenvalue weighted by Gasteiger charge is -2.40. The van der Waals surface area contributed by atoms with E-state index in [1.54, 1.807) is 40.0 Å². The van der Waals surface area contributed by atoms with E-state index < -0.39 is 5.41 Å². The van der Waals surface area contributed by atoms with Gasteiger partial charge in [-0.05, 0) is 43.5 Å². The second kappa shape index (κ2) is 9.71. The maximum Gasteiger partial charge on any atom is 0.275 e.